The van der Waals surface area contributed by atoms with Gasteiger partial charge >= 0.3 is 0 Å². The predicted octanol–water partition coefficient (Wildman–Crippen LogP) is 4.18. The maximum Gasteiger partial charge on any atom is 0.0466 e. The van der Waals surface area contributed by atoms with Crippen molar-refractivity contribution in [1.82, 2.24) is 0 Å². The van der Waals surface area contributed by atoms with Gasteiger partial charge in [0, 0.05) is 26.4 Å². The highest BCUT2D eigenvalue weighted by atomic mass is 16.5. The van der Waals surface area contributed by atoms with Crippen molar-refractivity contribution in [3.63, 3.8) is 0 Å². The molecular weight excluding hydrogens is 200 g/mol. The van der Waals surface area contributed by atoms with E-state index in [2.05, 4.69) is 13.8 Å². The summed E-state index contributed by atoms with van der Waals surface area (Å²) in [6, 6.07) is 0. The highest BCUT2D eigenvalue weighted by molar-refractivity contribution is 4.43. The molecule has 98 valence electrons. The largest absolute Gasteiger partial charge is 0.381 e. The number of hydrogen-bond acceptors (Lipinski definition) is 2. The van der Waals surface area contributed by atoms with Gasteiger partial charge < -0.3 is 9.47 Å². The molecule has 0 aromatic heterocycles. The van der Waals surface area contributed by atoms with Gasteiger partial charge in [-0.2, -0.15) is 0 Å². The van der Waals surface area contributed by atoms with Crippen LogP contribution >= 0.6 is 0 Å². The number of ether oxygens (including phenoxy) is 2. The van der Waals surface area contributed by atoms with Crippen molar-refractivity contribution in [2.45, 2.75) is 65.2 Å². The summed E-state index contributed by atoms with van der Waals surface area (Å²) in [4.78, 5) is 0. The summed E-state index contributed by atoms with van der Waals surface area (Å²) in [6.07, 6.45) is 9.84. The second-order valence-electron chi connectivity index (χ2n) is 4.35. The minimum absolute atomic E-state index is 0.941. The van der Waals surface area contributed by atoms with E-state index in [1.807, 2.05) is 0 Å². The summed E-state index contributed by atoms with van der Waals surface area (Å²) < 4.78 is 11.0. The van der Waals surface area contributed by atoms with Gasteiger partial charge in [-0.05, 0) is 25.7 Å². The monoisotopic (exact) mass is 230 g/mol. The van der Waals surface area contributed by atoms with Crippen LogP contribution in [0.5, 0.6) is 0 Å². The molecule has 0 unspecified atom stereocenters. The van der Waals surface area contributed by atoms with Gasteiger partial charge in [0.15, 0.2) is 0 Å². The predicted molar refractivity (Wildman–Crippen MR) is 69.9 cm³/mol. The third-order valence-corrected chi connectivity index (χ3v) is 2.61. The van der Waals surface area contributed by atoms with Crippen molar-refractivity contribution in [2.75, 3.05) is 26.4 Å². The van der Waals surface area contributed by atoms with Crippen molar-refractivity contribution >= 4 is 0 Å². The van der Waals surface area contributed by atoms with E-state index in [9.17, 15) is 0 Å². The van der Waals surface area contributed by atoms with Crippen LogP contribution in [0, 0.1) is 0 Å². The summed E-state index contributed by atoms with van der Waals surface area (Å²) >= 11 is 0. The topological polar surface area (TPSA) is 18.5 Å². The summed E-state index contributed by atoms with van der Waals surface area (Å²) in [5.74, 6) is 0. The Morgan fingerprint density at radius 3 is 1.25 bits per heavy atom. The molecule has 0 N–H and O–H groups in total. The lowest BCUT2D eigenvalue weighted by atomic mass is 10.2. The molecule has 0 fully saturated rings. The van der Waals surface area contributed by atoms with Crippen LogP contribution in [-0.4, -0.2) is 26.4 Å². The molecule has 0 bridgehead atoms. The van der Waals surface area contributed by atoms with Gasteiger partial charge in [0.25, 0.3) is 0 Å². The Labute approximate surface area is 102 Å². The Kier molecular flexibility index (Phi) is 14.8. The van der Waals surface area contributed by atoms with Crippen LogP contribution in [0.15, 0.2) is 0 Å². The lowest BCUT2D eigenvalue weighted by molar-refractivity contribution is 0.118. The number of rotatable bonds is 13. The lowest BCUT2D eigenvalue weighted by Crippen LogP contribution is -1.98. The maximum atomic E-state index is 5.50. The van der Waals surface area contributed by atoms with E-state index in [1.54, 1.807) is 0 Å². The Bertz CT molecular complexity index is 101. The van der Waals surface area contributed by atoms with E-state index in [1.165, 1.54) is 51.4 Å². The van der Waals surface area contributed by atoms with Crippen molar-refractivity contribution in [3.8, 4) is 0 Å². The highest BCUT2D eigenvalue weighted by Crippen LogP contribution is 2.01. The second kappa shape index (κ2) is 14.9. The zero-order valence-corrected chi connectivity index (χ0v) is 11.3. The Morgan fingerprint density at radius 1 is 0.500 bits per heavy atom. The van der Waals surface area contributed by atoms with Gasteiger partial charge in [-0.15, -0.1) is 0 Å². The van der Waals surface area contributed by atoms with Gasteiger partial charge in [0.2, 0.25) is 0 Å². The van der Waals surface area contributed by atoms with E-state index in [0.29, 0.717) is 0 Å². The van der Waals surface area contributed by atoms with Gasteiger partial charge in [0.1, 0.15) is 0 Å². The molecule has 0 heterocycles. The van der Waals surface area contributed by atoms with Gasteiger partial charge in [0.05, 0.1) is 0 Å². The average Bonchev–Trinajstić information content (AvgIpc) is 2.31. The van der Waals surface area contributed by atoms with Crippen LogP contribution in [0.3, 0.4) is 0 Å². The van der Waals surface area contributed by atoms with Crippen molar-refractivity contribution in [2.24, 2.45) is 0 Å². The highest BCUT2D eigenvalue weighted by Gasteiger charge is 1.92. The summed E-state index contributed by atoms with van der Waals surface area (Å²) in [5, 5.41) is 0. The average molecular weight is 230 g/mol. The normalized spacial score (nSPS) is 10.9. The molecular formula is C14H30O2. The Balaban J connectivity index is 2.83. The molecule has 0 spiro atoms. The molecule has 0 aliphatic carbocycles. The first-order valence-corrected chi connectivity index (χ1v) is 7.07. The minimum atomic E-state index is 0.941. The van der Waals surface area contributed by atoms with E-state index in [-0.39, 0.29) is 0 Å². The van der Waals surface area contributed by atoms with Crippen molar-refractivity contribution < 1.29 is 9.47 Å². The number of unbranched alkanes of at least 4 members (excludes halogenated alkanes) is 5. The first kappa shape index (κ1) is 15.9. The fraction of sp³-hybridized carbons (Fsp3) is 1.00. The fourth-order valence-electron chi connectivity index (χ4n) is 1.46. The molecule has 0 saturated heterocycles. The molecule has 0 aromatic carbocycles. The smallest absolute Gasteiger partial charge is 0.0466 e. The summed E-state index contributed by atoms with van der Waals surface area (Å²) in [7, 11) is 0. The molecule has 0 aliphatic heterocycles. The third-order valence-electron chi connectivity index (χ3n) is 2.61. The SMILES string of the molecule is CCCCOCCCCCCOCCCC. The second-order valence-corrected chi connectivity index (χ2v) is 4.35. The quantitative estimate of drug-likeness (QED) is 0.442. The Hall–Kier alpha value is -0.0800. The molecule has 0 radical (unpaired) electrons. The van der Waals surface area contributed by atoms with Crippen molar-refractivity contribution in [1.29, 1.82) is 0 Å². The molecule has 0 aliphatic rings. The Morgan fingerprint density at radius 2 is 0.875 bits per heavy atom. The molecule has 2 heteroatoms. The third kappa shape index (κ3) is 13.9. The summed E-state index contributed by atoms with van der Waals surface area (Å²) in [6.45, 7) is 8.16. The van der Waals surface area contributed by atoms with Crippen LogP contribution in [0.25, 0.3) is 0 Å². The molecule has 0 saturated carbocycles. The lowest BCUT2D eigenvalue weighted by Gasteiger charge is -2.04. The fourth-order valence-corrected chi connectivity index (χ4v) is 1.46. The van der Waals surface area contributed by atoms with Gasteiger partial charge in [-0.25, -0.2) is 0 Å². The zero-order chi connectivity index (χ0) is 11.9. The van der Waals surface area contributed by atoms with Gasteiger partial charge in [-0.3, -0.25) is 0 Å². The van der Waals surface area contributed by atoms with Crippen LogP contribution in [-0.2, 0) is 9.47 Å². The van der Waals surface area contributed by atoms with E-state index >= 15 is 0 Å². The number of hydrogen-bond donors (Lipinski definition) is 0. The van der Waals surface area contributed by atoms with Crippen LogP contribution in [0.4, 0.5) is 0 Å². The zero-order valence-electron chi connectivity index (χ0n) is 11.3. The van der Waals surface area contributed by atoms with E-state index in [0.717, 1.165) is 26.4 Å². The van der Waals surface area contributed by atoms with Crippen LogP contribution in [0.2, 0.25) is 0 Å². The van der Waals surface area contributed by atoms with Gasteiger partial charge in [-0.1, -0.05) is 39.5 Å². The molecule has 0 rings (SSSR count). The van der Waals surface area contributed by atoms with Crippen LogP contribution in [0.1, 0.15) is 65.2 Å². The molecule has 0 aromatic rings. The maximum absolute atomic E-state index is 5.50. The molecule has 2 nitrogen and oxygen atoms in total. The first-order valence-electron chi connectivity index (χ1n) is 7.07. The van der Waals surface area contributed by atoms with Crippen molar-refractivity contribution in [3.05, 3.63) is 0 Å². The molecule has 0 amide bonds. The van der Waals surface area contributed by atoms with E-state index < -0.39 is 0 Å². The first-order chi connectivity index (χ1) is 7.91. The van der Waals surface area contributed by atoms with Crippen LogP contribution < -0.4 is 0 Å². The standard InChI is InChI=1S/C14H30O2/c1-3-5-11-15-13-9-7-8-10-14-16-12-6-4-2/h3-14H2,1-2H3. The molecule has 16 heavy (non-hydrogen) atoms. The summed E-state index contributed by atoms with van der Waals surface area (Å²) in [5.41, 5.74) is 0. The van der Waals surface area contributed by atoms with E-state index in [4.69, 9.17) is 9.47 Å². The minimum Gasteiger partial charge on any atom is -0.381 e. The molecule has 0 atom stereocenters.